The Morgan fingerprint density at radius 2 is 1.34 bits per heavy atom. The molecule has 0 aliphatic carbocycles. The Morgan fingerprint density at radius 1 is 0.724 bits per heavy atom. The Bertz CT molecular complexity index is 982. The van der Waals surface area contributed by atoms with Crippen molar-refractivity contribution in [2.24, 2.45) is 0 Å². The van der Waals surface area contributed by atoms with Crippen LogP contribution in [0.5, 0.6) is 0 Å². The average Bonchev–Trinajstić information content (AvgIpc) is 2.78. The third kappa shape index (κ3) is 5.37. The highest BCUT2D eigenvalue weighted by Gasteiger charge is 2.21. The highest BCUT2D eigenvalue weighted by molar-refractivity contribution is 9.10. The maximum Gasteiger partial charge on any atom is 0.189 e. The summed E-state index contributed by atoms with van der Waals surface area (Å²) in [7, 11) is 0. The van der Waals surface area contributed by atoms with Crippen molar-refractivity contribution in [3.63, 3.8) is 0 Å². The molecule has 0 radical (unpaired) electrons. The van der Waals surface area contributed by atoms with Crippen LogP contribution >= 0.6 is 15.9 Å². The Kier molecular flexibility index (Phi) is 6.45. The van der Waals surface area contributed by atoms with Crippen LogP contribution in [0.15, 0.2) is 107 Å². The van der Waals surface area contributed by atoms with Crippen LogP contribution in [0, 0.1) is 0 Å². The fraction of sp³-hybridized carbons (Fsp3) is 0.120. The molecule has 3 nitrogen and oxygen atoms in total. The van der Waals surface area contributed by atoms with Gasteiger partial charge in [0.05, 0.1) is 6.61 Å². The van der Waals surface area contributed by atoms with Gasteiger partial charge >= 0.3 is 0 Å². The maximum atomic E-state index is 6.24. The number of benzene rings is 3. The summed E-state index contributed by atoms with van der Waals surface area (Å²) in [6.45, 7) is 1.02. The molecular weight excluding hydrogens is 426 g/mol. The van der Waals surface area contributed by atoms with Crippen molar-refractivity contribution in [3.8, 4) is 0 Å². The molecule has 1 aliphatic rings. The van der Waals surface area contributed by atoms with E-state index >= 15 is 0 Å². The van der Waals surface area contributed by atoms with Gasteiger partial charge in [-0.05, 0) is 41.0 Å². The van der Waals surface area contributed by atoms with Gasteiger partial charge in [0.2, 0.25) is 0 Å². The highest BCUT2D eigenvalue weighted by Crippen LogP contribution is 2.26. The maximum absolute atomic E-state index is 6.24. The number of dihydropyridines is 1. The molecule has 1 atom stereocenters. The monoisotopic (exact) mass is 447 g/mol. The SMILES string of the molecule is Brc1ccc(C2=CC=C(OCc3ccccc3)NC2OCc2ccccc2)cc1. The fourth-order valence-electron chi connectivity index (χ4n) is 3.11. The molecule has 0 saturated carbocycles. The van der Waals surface area contributed by atoms with Crippen molar-refractivity contribution < 1.29 is 9.47 Å². The number of halogens is 1. The van der Waals surface area contributed by atoms with Crippen molar-refractivity contribution in [1.29, 1.82) is 0 Å². The molecule has 1 unspecified atom stereocenters. The van der Waals surface area contributed by atoms with Gasteiger partial charge in [-0.2, -0.15) is 0 Å². The molecule has 3 aromatic rings. The van der Waals surface area contributed by atoms with Gasteiger partial charge in [0, 0.05) is 10.0 Å². The second-order valence-corrected chi connectivity index (χ2v) is 7.67. The number of rotatable bonds is 7. The minimum atomic E-state index is -0.299. The summed E-state index contributed by atoms with van der Waals surface area (Å²) >= 11 is 3.50. The predicted octanol–water partition coefficient (Wildman–Crippen LogP) is 6.04. The van der Waals surface area contributed by atoms with Crippen LogP contribution in [0.2, 0.25) is 0 Å². The molecule has 1 N–H and O–H groups in total. The van der Waals surface area contributed by atoms with Crippen molar-refractivity contribution in [2.75, 3.05) is 0 Å². The first-order chi connectivity index (χ1) is 14.3. The first kappa shape index (κ1) is 19.5. The Balaban J connectivity index is 1.50. The number of allylic oxidation sites excluding steroid dienone is 2. The molecule has 0 spiro atoms. The summed E-state index contributed by atoms with van der Waals surface area (Å²) in [6, 6.07) is 28.5. The first-order valence-corrected chi connectivity index (χ1v) is 10.3. The van der Waals surface area contributed by atoms with Crippen LogP contribution < -0.4 is 5.32 Å². The highest BCUT2D eigenvalue weighted by atomic mass is 79.9. The molecular formula is C25H22BrNO2. The van der Waals surface area contributed by atoms with Crippen LogP contribution in [0.1, 0.15) is 16.7 Å². The molecule has 1 aliphatic heterocycles. The molecule has 146 valence electrons. The Hall–Kier alpha value is -2.82. The molecule has 29 heavy (non-hydrogen) atoms. The topological polar surface area (TPSA) is 30.5 Å². The van der Waals surface area contributed by atoms with Gasteiger partial charge in [0.1, 0.15) is 6.61 Å². The molecule has 0 fully saturated rings. The normalized spacial score (nSPS) is 15.8. The van der Waals surface area contributed by atoms with E-state index in [-0.39, 0.29) is 6.23 Å². The second-order valence-electron chi connectivity index (χ2n) is 6.76. The summed E-state index contributed by atoms with van der Waals surface area (Å²) in [5.74, 6) is 0.702. The van der Waals surface area contributed by atoms with Gasteiger partial charge in [0.15, 0.2) is 12.1 Å². The van der Waals surface area contributed by atoms with Gasteiger partial charge in [-0.25, -0.2) is 0 Å². The van der Waals surface area contributed by atoms with E-state index in [4.69, 9.17) is 9.47 Å². The van der Waals surface area contributed by atoms with Crippen LogP contribution in [0.25, 0.3) is 5.57 Å². The predicted molar refractivity (Wildman–Crippen MR) is 120 cm³/mol. The van der Waals surface area contributed by atoms with E-state index in [2.05, 4.69) is 63.7 Å². The van der Waals surface area contributed by atoms with E-state index in [1.54, 1.807) is 0 Å². The van der Waals surface area contributed by atoms with Gasteiger partial charge in [-0.1, -0.05) is 88.7 Å². The van der Waals surface area contributed by atoms with Gasteiger partial charge in [0.25, 0.3) is 0 Å². The standard InChI is InChI=1S/C25H22BrNO2/c26-22-13-11-21(12-14-22)23-15-16-24(28-17-19-7-3-1-4-8-19)27-25(23)29-18-20-9-5-2-6-10-20/h1-16,25,27H,17-18H2. The average molecular weight is 448 g/mol. The third-order valence-electron chi connectivity index (χ3n) is 4.64. The zero-order valence-electron chi connectivity index (χ0n) is 15.9. The van der Waals surface area contributed by atoms with Crippen LogP contribution in [0.4, 0.5) is 0 Å². The smallest absolute Gasteiger partial charge is 0.189 e. The molecule has 0 bridgehead atoms. The van der Waals surface area contributed by atoms with Gasteiger partial charge < -0.3 is 14.8 Å². The Labute approximate surface area is 179 Å². The molecule has 0 saturated heterocycles. The number of hydrogen-bond acceptors (Lipinski definition) is 3. The van der Waals surface area contributed by atoms with Gasteiger partial charge in [-0.3, -0.25) is 0 Å². The summed E-state index contributed by atoms with van der Waals surface area (Å²) < 4.78 is 13.3. The minimum Gasteiger partial charge on any atom is -0.474 e. The quantitative estimate of drug-likeness (QED) is 0.478. The van der Waals surface area contributed by atoms with Crippen molar-refractivity contribution in [3.05, 3.63) is 124 Å². The first-order valence-electron chi connectivity index (χ1n) is 9.54. The van der Waals surface area contributed by atoms with E-state index in [1.807, 2.05) is 54.6 Å². The van der Waals surface area contributed by atoms with E-state index < -0.39 is 0 Å². The largest absolute Gasteiger partial charge is 0.474 e. The summed E-state index contributed by atoms with van der Waals surface area (Å²) in [5.41, 5.74) is 4.43. The van der Waals surface area contributed by atoms with Crippen LogP contribution in [-0.2, 0) is 22.7 Å². The molecule has 4 heteroatoms. The third-order valence-corrected chi connectivity index (χ3v) is 5.17. The van der Waals surface area contributed by atoms with Gasteiger partial charge in [-0.15, -0.1) is 0 Å². The molecule has 4 rings (SSSR count). The van der Waals surface area contributed by atoms with Crippen molar-refractivity contribution in [1.82, 2.24) is 5.32 Å². The lowest BCUT2D eigenvalue weighted by molar-refractivity contribution is 0.0413. The fourth-order valence-corrected chi connectivity index (χ4v) is 3.37. The van der Waals surface area contributed by atoms with Crippen molar-refractivity contribution >= 4 is 21.5 Å². The minimum absolute atomic E-state index is 0.299. The molecule has 3 aromatic carbocycles. The zero-order valence-corrected chi connectivity index (χ0v) is 17.5. The van der Waals surface area contributed by atoms with Crippen LogP contribution in [-0.4, -0.2) is 6.23 Å². The lowest BCUT2D eigenvalue weighted by atomic mass is 10.0. The van der Waals surface area contributed by atoms with Crippen LogP contribution in [0.3, 0.4) is 0 Å². The summed E-state index contributed by atoms with van der Waals surface area (Å²) in [6.07, 6.45) is 3.73. The second kappa shape index (κ2) is 9.59. The van der Waals surface area contributed by atoms with E-state index in [1.165, 1.54) is 0 Å². The lowest BCUT2D eigenvalue weighted by Crippen LogP contribution is -2.35. The van der Waals surface area contributed by atoms with E-state index in [0.29, 0.717) is 19.1 Å². The van der Waals surface area contributed by atoms with E-state index in [0.717, 1.165) is 26.7 Å². The van der Waals surface area contributed by atoms with E-state index in [9.17, 15) is 0 Å². The summed E-state index contributed by atoms with van der Waals surface area (Å²) in [5, 5.41) is 3.39. The molecule has 0 aromatic heterocycles. The number of nitrogens with one attached hydrogen (secondary N) is 1. The number of hydrogen-bond donors (Lipinski definition) is 1. The Morgan fingerprint density at radius 3 is 2.00 bits per heavy atom. The molecule has 1 heterocycles. The van der Waals surface area contributed by atoms with Crippen molar-refractivity contribution in [2.45, 2.75) is 19.4 Å². The zero-order chi connectivity index (χ0) is 19.9. The lowest BCUT2D eigenvalue weighted by Gasteiger charge is -2.28. The molecule has 0 amide bonds. The summed E-state index contributed by atoms with van der Waals surface area (Å²) in [4.78, 5) is 0. The number of ether oxygens (including phenoxy) is 2.